The third-order valence-electron chi connectivity index (χ3n) is 6.15. The van der Waals surface area contributed by atoms with Crippen molar-refractivity contribution in [2.45, 2.75) is 12.5 Å². The first-order valence-electron chi connectivity index (χ1n) is 11.0. The third-order valence-corrected chi connectivity index (χ3v) is 6.47. The Morgan fingerprint density at radius 2 is 1.88 bits per heavy atom. The molecule has 2 aromatic carbocycles. The molecular weight excluding hydrogens is 426 g/mol. The molecule has 0 saturated carbocycles. The molecule has 2 heterocycles. The van der Waals surface area contributed by atoms with Gasteiger partial charge in [-0.25, -0.2) is 0 Å². The Labute approximate surface area is 195 Å². The molecule has 0 aliphatic carbocycles. The van der Waals surface area contributed by atoms with Gasteiger partial charge in [0.05, 0.1) is 23.9 Å². The van der Waals surface area contributed by atoms with Gasteiger partial charge in [0.1, 0.15) is 11.5 Å². The van der Waals surface area contributed by atoms with Crippen LogP contribution in [0.2, 0.25) is 5.02 Å². The van der Waals surface area contributed by atoms with Gasteiger partial charge in [-0.15, -0.1) is 0 Å². The van der Waals surface area contributed by atoms with Crippen LogP contribution < -0.4 is 14.4 Å². The molecule has 0 spiro atoms. The quantitative estimate of drug-likeness (QED) is 0.616. The highest BCUT2D eigenvalue weighted by atomic mass is 35.5. The zero-order valence-electron chi connectivity index (χ0n) is 18.7. The lowest BCUT2D eigenvalue weighted by molar-refractivity contribution is -0.135. The largest absolute Gasteiger partial charge is 0.496 e. The van der Waals surface area contributed by atoms with E-state index in [4.69, 9.17) is 21.1 Å². The number of likely N-dealkylation sites (N-methyl/N-ethyl adjacent to an activating group) is 1. The smallest absolute Gasteiger partial charge is 0.261 e. The van der Waals surface area contributed by atoms with Gasteiger partial charge in [-0.05, 0) is 31.7 Å². The molecule has 6 nitrogen and oxygen atoms in total. The summed E-state index contributed by atoms with van der Waals surface area (Å²) in [4.78, 5) is 19.6. The summed E-state index contributed by atoms with van der Waals surface area (Å²) in [5.74, 6) is 1.39. The molecule has 2 aromatic rings. The Bertz CT molecular complexity index is 973. The Kier molecular flexibility index (Phi) is 7.22. The van der Waals surface area contributed by atoms with Crippen molar-refractivity contribution in [2.24, 2.45) is 0 Å². The molecule has 7 heteroatoms. The van der Waals surface area contributed by atoms with Crippen LogP contribution in [0.25, 0.3) is 0 Å². The molecule has 0 aromatic heterocycles. The number of carbonyl (C=O) groups is 1. The number of carbonyl (C=O) groups excluding carboxylic acids is 1. The topological polar surface area (TPSA) is 45.2 Å². The van der Waals surface area contributed by atoms with Gasteiger partial charge >= 0.3 is 0 Å². The Balaban J connectivity index is 1.45. The van der Waals surface area contributed by atoms with E-state index in [0.29, 0.717) is 17.3 Å². The van der Waals surface area contributed by atoms with Gasteiger partial charge in [-0.3, -0.25) is 4.79 Å². The number of piperazine rings is 1. The molecule has 1 unspecified atom stereocenters. The zero-order chi connectivity index (χ0) is 22.5. The van der Waals surface area contributed by atoms with Crippen LogP contribution in [0.1, 0.15) is 18.0 Å². The van der Waals surface area contributed by atoms with Crippen molar-refractivity contribution in [1.29, 1.82) is 0 Å². The molecule has 4 rings (SSSR count). The van der Waals surface area contributed by atoms with Crippen LogP contribution in [-0.2, 0) is 4.79 Å². The summed E-state index contributed by atoms with van der Waals surface area (Å²) in [6, 6.07) is 13.4. The molecule has 1 fully saturated rings. The third kappa shape index (κ3) is 5.03. The molecule has 170 valence electrons. The first kappa shape index (κ1) is 22.5. The number of nitrogens with zero attached hydrogens (tertiary/aromatic N) is 3. The van der Waals surface area contributed by atoms with E-state index in [1.54, 1.807) is 7.11 Å². The molecule has 1 amide bonds. The number of halogens is 1. The van der Waals surface area contributed by atoms with E-state index in [-0.39, 0.29) is 18.6 Å². The second kappa shape index (κ2) is 10.3. The monoisotopic (exact) mass is 455 g/mol. The van der Waals surface area contributed by atoms with Gasteiger partial charge in [0.25, 0.3) is 5.91 Å². The van der Waals surface area contributed by atoms with E-state index >= 15 is 0 Å². The number of hydrogen-bond acceptors (Lipinski definition) is 5. The second-order valence-electron chi connectivity index (χ2n) is 8.20. The summed E-state index contributed by atoms with van der Waals surface area (Å²) in [6.45, 7) is 4.35. The summed E-state index contributed by atoms with van der Waals surface area (Å²) < 4.78 is 11.5. The van der Waals surface area contributed by atoms with Crippen molar-refractivity contribution in [3.63, 3.8) is 0 Å². The van der Waals surface area contributed by atoms with Crippen LogP contribution in [0.5, 0.6) is 11.5 Å². The fourth-order valence-corrected chi connectivity index (χ4v) is 4.52. The van der Waals surface area contributed by atoms with E-state index in [2.05, 4.69) is 22.9 Å². The summed E-state index contributed by atoms with van der Waals surface area (Å²) >= 11 is 6.46. The van der Waals surface area contributed by atoms with Gasteiger partial charge in [0.2, 0.25) is 0 Å². The molecule has 0 radical (unpaired) electrons. The second-order valence-corrected chi connectivity index (χ2v) is 8.61. The van der Waals surface area contributed by atoms with Gasteiger partial charge in [-0.2, -0.15) is 0 Å². The zero-order valence-corrected chi connectivity index (χ0v) is 19.4. The Morgan fingerprint density at radius 1 is 1.09 bits per heavy atom. The average molecular weight is 456 g/mol. The maximum absolute atomic E-state index is 13.1. The summed E-state index contributed by atoms with van der Waals surface area (Å²) in [6.07, 6.45) is 4.89. The van der Waals surface area contributed by atoms with Crippen LogP contribution in [0.3, 0.4) is 0 Å². The highest BCUT2D eigenvalue weighted by molar-refractivity contribution is 6.33. The van der Waals surface area contributed by atoms with Crippen molar-refractivity contribution >= 4 is 23.2 Å². The number of amides is 1. The molecule has 0 bridgehead atoms. The van der Waals surface area contributed by atoms with Crippen LogP contribution in [0, 0.1) is 0 Å². The number of hydrogen-bond donors (Lipinski definition) is 0. The van der Waals surface area contributed by atoms with Crippen LogP contribution in [-0.4, -0.2) is 69.2 Å². The van der Waals surface area contributed by atoms with E-state index in [9.17, 15) is 4.79 Å². The molecule has 1 atom stereocenters. The average Bonchev–Trinajstić information content (AvgIpc) is 2.84. The van der Waals surface area contributed by atoms with Gasteiger partial charge in [-0.1, -0.05) is 42.0 Å². The predicted octanol–water partition coefficient (Wildman–Crippen LogP) is 4.01. The van der Waals surface area contributed by atoms with Crippen LogP contribution in [0.4, 0.5) is 5.69 Å². The maximum Gasteiger partial charge on any atom is 0.261 e. The number of benzene rings is 2. The summed E-state index contributed by atoms with van der Waals surface area (Å²) in [7, 11) is 3.78. The minimum absolute atomic E-state index is 0.0245. The minimum Gasteiger partial charge on any atom is -0.496 e. The molecule has 2 aliphatic heterocycles. The Morgan fingerprint density at radius 3 is 2.66 bits per heavy atom. The molecule has 0 N–H and O–H groups in total. The SMILES string of the molecule is COc1ccccc1C1CC=CCN1C(=O)COc1ccc(Cl)c(N2CCN(C)CC2)c1. The first-order valence-corrected chi connectivity index (χ1v) is 11.4. The van der Waals surface area contributed by atoms with Gasteiger partial charge < -0.3 is 24.2 Å². The van der Waals surface area contributed by atoms with Crippen molar-refractivity contribution < 1.29 is 14.3 Å². The molecule has 1 saturated heterocycles. The van der Waals surface area contributed by atoms with E-state index in [1.165, 1.54) is 0 Å². The number of ether oxygens (including phenoxy) is 2. The fourth-order valence-electron chi connectivity index (χ4n) is 4.28. The maximum atomic E-state index is 13.1. The lowest BCUT2D eigenvalue weighted by Gasteiger charge is -2.35. The lowest BCUT2D eigenvalue weighted by atomic mass is 9.98. The normalized spacial score (nSPS) is 19.2. The van der Waals surface area contributed by atoms with Crippen molar-refractivity contribution in [3.05, 3.63) is 65.2 Å². The van der Waals surface area contributed by atoms with Crippen molar-refractivity contribution in [3.8, 4) is 11.5 Å². The molecule has 2 aliphatic rings. The summed E-state index contributed by atoms with van der Waals surface area (Å²) in [5.41, 5.74) is 1.97. The number of rotatable bonds is 6. The van der Waals surface area contributed by atoms with E-state index < -0.39 is 0 Å². The standard InChI is InChI=1S/C25H30ClN3O3/c1-27-13-15-28(16-14-27)23-17-19(10-11-21(23)26)32-18-25(30)29-12-6-5-8-22(29)20-7-3-4-9-24(20)31-2/h3-7,9-11,17,22H,8,12-16,18H2,1-2H3. The van der Waals surface area contributed by atoms with E-state index in [1.807, 2.05) is 53.4 Å². The van der Waals surface area contributed by atoms with E-state index in [0.717, 1.165) is 49.6 Å². The summed E-state index contributed by atoms with van der Waals surface area (Å²) in [5, 5.41) is 0.700. The van der Waals surface area contributed by atoms with Gasteiger partial charge in [0.15, 0.2) is 6.61 Å². The lowest BCUT2D eigenvalue weighted by Crippen LogP contribution is -2.44. The predicted molar refractivity (Wildman–Crippen MR) is 128 cm³/mol. The number of methoxy groups -OCH3 is 1. The Hall–Kier alpha value is -2.70. The van der Waals surface area contributed by atoms with Crippen LogP contribution >= 0.6 is 11.6 Å². The first-order chi connectivity index (χ1) is 15.6. The number of para-hydroxylation sites is 1. The molecular formula is C25H30ClN3O3. The fraction of sp³-hybridized carbons (Fsp3) is 0.400. The highest BCUT2D eigenvalue weighted by Gasteiger charge is 2.28. The van der Waals surface area contributed by atoms with Gasteiger partial charge in [0, 0.05) is 44.4 Å². The highest BCUT2D eigenvalue weighted by Crippen LogP contribution is 2.34. The van der Waals surface area contributed by atoms with Crippen LogP contribution in [0.15, 0.2) is 54.6 Å². The minimum atomic E-state index is -0.0710. The van der Waals surface area contributed by atoms with Crippen molar-refractivity contribution in [2.75, 3.05) is 58.4 Å². The number of anilines is 1. The molecule has 32 heavy (non-hydrogen) atoms. The van der Waals surface area contributed by atoms with Crippen molar-refractivity contribution in [1.82, 2.24) is 9.80 Å².